The number of phenols is 1. The van der Waals surface area contributed by atoms with Crippen molar-refractivity contribution in [3.63, 3.8) is 0 Å². The third kappa shape index (κ3) is 4.42. The van der Waals surface area contributed by atoms with Crippen LogP contribution < -0.4 is 10.1 Å². The molecule has 1 unspecified atom stereocenters. The number of rotatable bonds is 7. The standard InChI is InChI=1S/C13H19NO5/c1-18-8-9(5-6-15)14-13(17)11-4-3-10(19-2)7-12(11)16/h3-4,7,9,15-16H,5-6,8H2,1-2H3,(H,14,17). The van der Waals surface area contributed by atoms with Crippen molar-refractivity contribution in [3.8, 4) is 11.5 Å². The van der Waals surface area contributed by atoms with Gasteiger partial charge in [0.2, 0.25) is 0 Å². The molecular formula is C13H19NO5. The van der Waals surface area contributed by atoms with Gasteiger partial charge in [-0.3, -0.25) is 4.79 Å². The van der Waals surface area contributed by atoms with Gasteiger partial charge in [0.05, 0.1) is 25.3 Å². The first-order valence-electron chi connectivity index (χ1n) is 5.90. The summed E-state index contributed by atoms with van der Waals surface area (Å²) < 4.78 is 9.89. The van der Waals surface area contributed by atoms with Gasteiger partial charge >= 0.3 is 0 Å². The first-order valence-corrected chi connectivity index (χ1v) is 5.90. The Morgan fingerprint density at radius 1 is 1.42 bits per heavy atom. The second-order valence-corrected chi connectivity index (χ2v) is 4.02. The smallest absolute Gasteiger partial charge is 0.255 e. The topological polar surface area (TPSA) is 88.0 Å². The van der Waals surface area contributed by atoms with Crippen LogP contribution in [0.1, 0.15) is 16.8 Å². The maximum Gasteiger partial charge on any atom is 0.255 e. The van der Waals surface area contributed by atoms with Crippen LogP contribution in [-0.2, 0) is 4.74 Å². The van der Waals surface area contributed by atoms with Crippen LogP contribution in [0.15, 0.2) is 18.2 Å². The van der Waals surface area contributed by atoms with Crippen LogP contribution in [-0.4, -0.2) is 49.6 Å². The molecule has 0 aliphatic carbocycles. The van der Waals surface area contributed by atoms with Gasteiger partial charge in [-0.15, -0.1) is 0 Å². The molecule has 0 heterocycles. The lowest BCUT2D eigenvalue weighted by Crippen LogP contribution is -2.38. The summed E-state index contributed by atoms with van der Waals surface area (Å²) in [5.41, 5.74) is 0.153. The number of phenolic OH excluding ortho intramolecular Hbond substituents is 1. The maximum absolute atomic E-state index is 12.0. The predicted molar refractivity (Wildman–Crippen MR) is 69.5 cm³/mol. The minimum atomic E-state index is -0.421. The number of hydrogen-bond acceptors (Lipinski definition) is 5. The number of methoxy groups -OCH3 is 2. The van der Waals surface area contributed by atoms with E-state index in [1.54, 1.807) is 6.07 Å². The summed E-state index contributed by atoms with van der Waals surface area (Å²) in [6.07, 6.45) is 0.385. The molecule has 1 aromatic rings. The van der Waals surface area contributed by atoms with E-state index in [1.165, 1.54) is 26.4 Å². The van der Waals surface area contributed by atoms with Gasteiger partial charge < -0.3 is 25.0 Å². The molecule has 1 atom stereocenters. The van der Waals surface area contributed by atoms with E-state index in [-0.39, 0.29) is 24.0 Å². The van der Waals surface area contributed by atoms with Crippen LogP contribution in [0.5, 0.6) is 11.5 Å². The molecule has 1 aromatic carbocycles. The van der Waals surface area contributed by atoms with Crippen LogP contribution in [0.2, 0.25) is 0 Å². The molecule has 19 heavy (non-hydrogen) atoms. The highest BCUT2D eigenvalue weighted by Crippen LogP contribution is 2.23. The molecule has 0 bridgehead atoms. The highest BCUT2D eigenvalue weighted by molar-refractivity contribution is 5.97. The van der Waals surface area contributed by atoms with Crippen molar-refractivity contribution in [2.75, 3.05) is 27.4 Å². The Balaban J connectivity index is 2.76. The monoisotopic (exact) mass is 269 g/mol. The van der Waals surface area contributed by atoms with Crippen molar-refractivity contribution < 1.29 is 24.5 Å². The third-order valence-electron chi connectivity index (χ3n) is 2.63. The van der Waals surface area contributed by atoms with Gasteiger partial charge in [0.15, 0.2) is 0 Å². The molecule has 0 aliphatic rings. The van der Waals surface area contributed by atoms with E-state index in [0.29, 0.717) is 18.8 Å². The van der Waals surface area contributed by atoms with E-state index < -0.39 is 5.91 Å². The molecule has 6 nitrogen and oxygen atoms in total. The summed E-state index contributed by atoms with van der Waals surface area (Å²) in [5, 5.41) is 21.3. The largest absolute Gasteiger partial charge is 0.507 e. The summed E-state index contributed by atoms with van der Waals surface area (Å²) in [4.78, 5) is 12.0. The third-order valence-corrected chi connectivity index (χ3v) is 2.63. The number of benzene rings is 1. The molecule has 0 saturated carbocycles. The van der Waals surface area contributed by atoms with Crippen molar-refractivity contribution in [3.05, 3.63) is 23.8 Å². The van der Waals surface area contributed by atoms with Gasteiger partial charge in [0, 0.05) is 19.8 Å². The SMILES string of the molecule is COCC(CCO)NC(=O)c1ccc(OC)cc1O. The summed E-state index contributed by atoms with van der Waals surface area (Å²) in [6, 6.07) is 4.13. The van der Waals surface area contributed by atoms with E-state index in [4.69, 9.17) is 14.6 Å². The Morgan fingerprint density at radius 2 is 2.16 bits per heavy atom. The summed E-state index contributed by atoms with van der Waals surface area (Å²) in [5.74, 6) is -0.106. The minimum absolute atomic E-state index is 0.0527. The fraction of sp³-hybridized carbons (Fsp3) is 0.462. The number of ether oxygens (including phenoxy) is 2. The predicted octanol–water partition coefficient (Wildman–Crippen LogP) is 0.528. The highest BCUT2D eigenvalue weighted by atomic mass is 16.5. The summed E-state index contributed by atoms with van der Waals surface area (Å²) in [6.45, 7) is 0.242. The lowest BCUT2D eigenvalue weighted by atomic mass is 10.1. The number of nitrogens with one attached hydrogen (secondary N) is 1. The van der Waals surface area contributed by atoms with E-state index in [2.05, 4.69) is 5.32 Å². The van der Waals surface area contributed by atoms with Crippen LogP contribution in [0, 0.1) is 0 Å². The zero-order chi connectivity index (χ0) is 14.3. The van der Waals surface area contributed by atoms with Crippen molar-refractivity contribution in [2.45, 2.75) is 12.5 Å². The zero-order valence-electron chi connectivity index (χ0n) is 11.0. The van der Waals surface area contributed by atoms with E-state index in [9.17, 15) is 9.90 Å². The molecule has 0 aromatic heterocycles. The Labute approximate surface area is 112 Å². The van der Waals surface area contributed by atoms with Crippen LogP contribution in [0.25, 0.3) is 0 Å². The number of carbonyl (C=O) groups excluding carboxylic acids is 1. The molecule has 0 radical (unpaired) electrons. The number of hydrogen-bond donors (Lipinski definition) is 3. The van der Waals surface area contributed by atoms with Crippen molar-refractivity contribution in [1.29, 1.82) is 0 Å². The molecule has 0 aliphatic heterocycles. The number of amides is 1. The molecule has 3 N–H and O–H groups in total. The number of aromatic hydroxyl groups is 1. The van der Waals surface area contributed by atoms with Crippen molar-refractivity contribution >= 4 is 5.91 Å². The first kappa shape index (κ1) is 15.3. The number of carbonyl (C=O) groups is 1. The maximum atomic E-state index is 12.0. The Morgan fingerprint density at radius 3 is 2.68 bits per heavy atom. The van der Waals surface area contributed by atoms with E-state index in [0.717, 1.165) is 0 Å². The molecule has 0 spiro atoms. The van der Waals surface area contributed by atoms with E-state index in [1.807, 2.05) is 0 Å². The van der Waals surface area contributed by atoms with Crippen LogP contribution in [0.4, 0.5) is 0 Å². The van der Waals surface area contributed by atoms with Crippen molar-refractivity contribution in [1.82, 2.24) is 5.32 Å². The second-order valence-electron chi connectivity index (χ2n) is 4.02. The molecule has 0 fully saturated rings. The van der Waals surface area contributed by atoms with Gasteiger partial charge in [0.25, 0.3) is 5.91 Å². The normalized spacial score (nSPS) is 11.9. The van der Waals surface area contributed by atoms with Gasteiger partial charge in [-0.05, 0) is 18.6 Å². The van der Waals surface area contributed by atoms with Gasteiger partial charge in [0.1, 0.15) is 11.5 Å². The Hall–Kier alpha value is -1.79. The fourth-order valence-corrected chi connectivity index (χ4v) is 1.65. The Bertz CT molecular complexity index is 415. The Kier molecular flexibility index (Phi) is 6.11. The lowest BCUT2D eigenvalue weighted by molar-refractivity contribution is 0.0876. The number of aliphatic hydroxyl groups is 1. The highest BCUT2D eigenvalue weighted by Gasteiger charge is 2.16. The van der Waals surface area contributed by atoms with Crippen LogP contribution in [0.3, 0.4) is 0 Å². The quantitative estimate of drug-likeness (QED) is 0.672. The van der Waals surface area contributed by atoms with Crippen molar-refractivity contribution in [2.24, 2.45) is 0 Å². The lowest BCUT2D eigenvalue weighted by Gasteiger charge is -2.17. The van der Waals surface area contributed by atoms with E-state index >= 15 is 0 Å². The first-order chi connectivity index (χ1) is 9.12. The number of aliphatic hydroxyl groups excluding tert-OH is 1. The van der Waals surface area contributed by atoms with Gasteiger partial charge in [-0.1, -0.05) is 0 Å². The van der Waals surface area contributed by atoms with Gasteiger partial charge in [-0.25, -0.2) is 0 Å². The van der Waals surface area contributed by atoms with Gasteiger partial charge in [-0.2, -0.15) is 0 Å². The zero-order valence-corrected chi connectivity index (χ0v) is 11.0. The average molecular weight is 269 g/mol. The fourth-order valence-electron chi connectivity index (χ4n) is 1.65. The molecule has 1 amide bonds. The molecule has 106 valence electrons. The molecule has 6 heteroatoms. The summed E-state index contributed by atoms with van der Waals surface area (Å²) >= 11 is 0. The minimum Gasteiger partial charge on any atom is -0.507 e. The molecular weight excluding hydrogens is 250 g/mol. The summed E-state index contributed by atoms with van der Waals surface area (Å²) in [7, 11) is 2.99. The molecule has 1 rings (SSSR count). The van der Waals surface area contributed by atoms with Crippen LogP contribution >= 0.6 is 0 Å². The average Bonchev–Trinajstić information content (AvgIpc) is 2.38. The molecule has 0 saturated heterocycles. The second kappa shape index (κ2) is 7.60.